The Labute approximate surface area is 125 Å². The van der Waals surface area contributed by atoms with Gasteiger partial charge >= 0.3 is 6.03 Å². The van der Waals surface area contributed by atoms with Crippen LogP contribution < -0.4 is 11.1 Å². The lowest BCUT2D eigenvalue weighted by molar-refractivity contribution is -0.133. The standard InChI is InChI=1S/C15H24N4O2/c1-18-10-5-7-12(18)13-6-3-2-4-11-19(13)14(20)8-9-17-15(16)21/h5,7,10,13H,2-4,6,8-9,11H2,1H3,(H3,16,17,21)/t13-/m1/s1. The van der Waals surface area contributed by atoms with E-state index in [1.165, 1.54) is 5.69 Å². The number of hydrogen-bond acceptors (Lipinski definition) is 2. The minimum atomic E-state index is -0.586. The van der Waals surface area contributed by atoms with E-state index < -0.39 is 6.03 Å². The third kappa shape index (κ3) is 4.00. The summed E-state index contributed by atoms with van der Waals surface area (Å²) in [5, 5.41) is 2.48. The highest BCUT2D eigenvalue weighted by atomic mass is 16.2. The summed E-state index contributed by atoms with van der Waals surface area (Å²) in [6.07, 6.45) is 6.63. The fourth-order valence-corrected chi connectivity index (χ4v) is 2.97. The number of carbonyl (C=O) groups excluding carboxylic acids is 2. The highest BCUT2D eigenvalue weighted by Crippen LogP contribution is 2.30. The van der Waals surface area contributed by atoms with Crippen molar-refractivity contribution < 1.29 is 9.59 Å². The van der Waals surface area contributed by atoms with Crippen LogP contribution in [-0.2, 0) is 11.8 Å². The molecule has 6 nitrogen and oxygen atoms in total. The second-order valence-corrected chi connectivity index (χ2v) is 5.54. The Morgan fingerprint density at radius 2 is 2.19 bits per heavy atom. The van der Waals surface area contributed by atoms with E-state index in [4.69, 9.17) is 5.73 Å². The molecule has 3 N–H and O–H groups in total. The van der Waals surface area contributed by atoms with Crippen LogP contribution in [0, 0.1) is 0 Å². The molecule has 1 aliphatic heterocycles. The minimum absolute atomic E-state index is 0.0804. The quantitative estimate of drug-likeness (QED) is 0.882. The number of likely N-dealkylation sites (tertiary alicyclic amines) is 1. The Bertz CT molecular complexity index is 498. The van der Waals surface area contributed by atoms with Gasteiger partial charge in [-0.3, -0.25) is 4.79 Å². The normalized spacial score (nSPS) is 19.1. The molecule has 1 saturated heterocycles. The predicted molar refractivity (Wildman–Crippen MR) is 80.5 cm³/mol. The lowest BCUT2D eigenvalue weighted by Gasteiger charge is -2.30. The molecule has 1 atom stereocenters. The second kappa shape index (κ2) is 7.15. The fourth-order valence-electron chi connectivity index (χ4n) is 2.97. The van der Waals surface area contributed by atoms with Gasteiger partial charge in [0.25, 0.3) is 0 Å². The van der Waals surface area contributed by atoms with Gasteiger partial charge in [0.15, 0.2) is 0 Å². The summed E-state index contributed by atoms with van der Waals surface area (Å²) < 4.78 is 2.08. The van der Waals surface area contributed by atoms with Crippen LogP contribution in [0.5, 0.6) is 0 Å². The molecular formula is C15H24N4O2. The van der Waals surface area contributed by atoms with Crippen LogP contribution in [0.3, 0.4) is 0 Å². The van der Waals surface area contributed by atoms with Crippen molar-refractivity contribution in [1.82, 2.24) is 14.8 Å². The van der Waals surface area contributed by atoms with Crippen molar-refractivity contribution in [3.05, 3.63) is 24.0 Å². The van der Waals surface area contributed by atoms with Crippen molar-refractivity contribution in [2.24, 2.45) is 12.8 Å². The first-order valence-electron chi connectivity index (χ1n) is 7.53. The first-order valence-corrected chi connectivity index (χ1v) is 7.53. The first-order chi connectivity index (χ1) is 10.1. The highest BCUT2D eigenvalue weighted by molar-refractivity contribution is 5.78. The maximum absolute atomic E-state index is 12.5. The molecule has 0 aliphatic carbocycles. The highest BCUT2D eigenvalue weighted by Gasteiger charge is 2.27. The maximum atomic E-state index is 12.5. The van der Waals surface area contributed by atoms with E-state index in [1.54, 1.807) is 0 Å². The number of primary amides is 1. The number of hydrogen-bond donors (Lipinski definition) is 2. The van der Waals surface area contributed by atoms with Crippen molar-refractivity contribution in [1.29, 1.82) is 0 Å². The van der Waals surface area contributed by atoms with Crippen molar-refractivity contribution in [2.45, 2.75) is 38.1 Å². The Hall–Kier alpha value is -1.98. The fraction of sp³-hybridized carbons (Fsp3) is 0.600. The number of nitrogens with zero attached hydrogens (tertiary/aromatic N) is 2. The summed E-state index contributed by atoms with van der Waals surface area (Å²) in [5.41, 5.74) is 6.20. The van der Waals surface area contributed by atoms with Gasteiger partial charge < -0.3 is 20.5 Å². The Morgan fingerprint density at radius 3 is 2.86 bits per heavy atom. The van der Waals surface area contributed by atoms with E-state index in [9.17, 15) is 9.59 Å². The van der Waals surface area contributed by atoms with Crippen molar-refractivity contribution >= 4 is 11.9 Å². The molecule has 0 saturated carbocycles. The van der Waals surface area contributed by atoms with E-state index in [2.05, 4.69) is 16.0 Å². The van der Waals surface area contributed by atoms with Gasteiger partial charge in [-0.1, -0.05) is 12.8 Å². The van der Waals surface area contributed by atoms with E-state index in [1.807, 2.05) is 24.2 Å². The van der Waals surface area contributed by atoms with E-state index in [0.717, 1.165) is 32.2 Å². The molecule has 2 heterocycles. The molecule has 1 aromatic heterocycles. The van der Waals surface area contributed by atoms with Gasteiger partial charge in [0.2, 0.25) is 5.91 Å². The van der Waals surface area contributed by atoms with Gasteiger partial charge in [0, 0.05) is 38.4 Å². The van der Waals surface area contributed by atoms with Crippen molar-refractivity contribution in [3.8, 4) is 0 Å². The van der Waals surface area contributed by atoms with Crippen LogP contribution in [0.15, 0.2) is 18.3 Å². The third-order valence-corrected chi connectivity index (χ3v) is 4.04. The van der Waals surface area contributed by atoms with Crippen molar-refractivity contribution in [2.75, 3.05) is 13.1 Å². The number of nitrogens with two attached hydrogens (primary N) is 1. The SMILES string of the molecule is Cn1cccc1[C@H]1CCCCCN1C(=O)CCNC(N)=O. The molecule has 116 valence electrons. The summed E-state index contributed by atoms with van der Waals surface area (Å²) in [4.78, 5) is 25.1. The van der Waals surface area contributed by atoms with Gasteiger partial charge in [-0.25, -0.2) is 4.79 Å². The molecule has 0 radical (unpaired) electrons. The lowest BCUT2D eigenvalue weighted by atomic mass is 10.1. The molecular weight excluding hydrogens is 268 g/mol. The third-order valence-electron chi connectivity index (χ3n) is 4.04. The number of aryl methyl sites for hydroxylation is 1. The second-order valence-electron chi connectivity index (χ2n) is 5.54. The molecule has 0 spiro atoms. The van der Waals surface area contributed by atoms with E-state index in [0.29, 0.717) is 13.0 Å². The van der Waals surface area contributed by atoms with Gasteiger partial charge in [0.1, 0.15) is 0 Å². The van der Waals surface area contributed by atoms with Crippen LogP contribution in [0.4, 0.5) is 4.79 Å². The largest absolute Gasteiger partial charge is 0.353 e. The molecule has 3 amide bonds. The van der Waals surface area contributed by atoms with Gasteiger partial charge in [-0.05, 0) is 25.0 Å². The first kappa shape index (κ1) is 15.4. The Kier molecular flexibility index (Phi) is 5.25. The zero-order valence-corrected chi connectivity index (χ0v) is 12.5. The number of carbonyl (C=O) groups is 2. The molecule has 1 aliphatic rings. The zero-order chi connectivity index (χ0) is 15.2. The number of aromatic nitrogens is 1. The van der Waals surface area contributed by atoms with E-state index >= 15 is 0 Å². The maximum Gasteiger partial charge on any atom is 0.312 e. The Morgan fingerprint density at radius 1 is 1.38 bits per heavy atom. The molecule has 6 heteroatoms. The molecule has 2 rings (SSSR count). The van der Waals surface area contributed by atoms with E-state index in [-0.39, 0.29) is 11.9 Å². The lowest BCUT2D eigenvalue weighted by Crippen LogP contribution is -2.38. The molecule has 0 unspecified atom stereocenters. The number of nitrogens with one attached hydrogen (secondary N) is 1. The molecule has 21 heavy (non-hydrogen) atoms. The topological polar surface area (TPSA) is 80.4 Å². The molecule has 0 bridgehead atoms. The minimum Gasteiger partial charge on any atom is -0.353 e. The number of rotatable bonds is 4. The summed E-state index contributed by atoms with van der Waals surface area (Å²) in [6.45, 7) is 1.08. The average molecular weight is 292 g/mol. The monoisotopic (exact) mass is 292 g/mol. The van der Waals surface area contributed by atoms with Crippen LogP contribution >= 0.6 is 0 Å². The molecule has 1 fully saturated rings. The zero-order valence-electron chi connectivity index (χ0n) is 12.5. The van der Waals surface area contributed by atoms with Crippen LogP contribution in [0.25, 0.3) is 0 Å². The van der Waals surface area contributed by atoms with Gasteiger partial charge in [-0.2, -0.15) is 0 Å². The molecule has 1 aromatic rings. The van der Waals surface area contributed by atoms with Crippen molar-refractivity contribution in [3.63, 3.8) is 0 Å². The van der Waals surface area contributed by atoms with Gasteiger partial charge in [-0.15, -0.1) is 0 Å². The predicted octanol–water partition coefficient (Wildman–Crippen LogP) is 1.53. The summed E-state index contributed by atoms with van der Waals surface area (Å²) >= 11 is 0. The van der Waals surface area contributed by atoms with Crippen LogP contribution in [-0.4, -0.2) is 34.5 Å². The van der Waals surface area contributed by atoms with Gasteiger partial charge in [0.05, 0.1) is 6.04 Å². The number of amides is 3. The Balaban J connectivity index is 2.07. The summed E-state index contributed by atoms with van der Waals surface area (Å²) in [6, 6.07) is 3.64. The van der Waals surface area contributed by atoms with Crippen LogP contribution in [0.1, 0.15) is 43.8 Å². The molecule has 0 aromatic carbocycles. The summed E-state index contributed by atoms with van der Waals surface area (Å²) in [5.74, 6) is 0.0804. The number of urea groups is 1. The summed E-state index contributed by atoms with van der Waals surface area (Å²) in [7, 11) is 2.01. The smallest absolute Gasteiger partial charge is 0.312 e. The average Bonchev–Trinajstić information content (AvgIpc) is 2.72. The van der Waals surface area contributed by atoms with Crippen LogP contribution in [0.2, 0.25) is 0 Å².